The van der Waals surface area contributed by atoms with Crippen LogP contribution in [0.1, 0.15) is 62.3 Å². The van der Waals surface area contributed by atoms with E-state index < -0.39 is 6.10 Å². The predicted octanol–water partition coefficient (Wildman–Crippen LogP) is 8.68. The molecular formula is C31H38Cl2N2O. The largest absolute Gasteiger partial charge is 0.387 e. The molecule has 0 aliphatic heterocycles. The third-order valence-electron chi connectivity index (χ3n) is 6.90. The summed E-state index contributed by atoms with van der Waals surface area (Å²) in [4.78, 5) is 7.55. The highest BCUT2D eigenvalue weighted by atomic mass is 35.5. The van der Waals surface area contributed by atoms with Gasteiger partial charge in [-0.3, -0.25) is 0 Å². The summed E-state index contributed by atoms with van der Waals surface area (Å²) in [5, 5.41) is 15.2. The van der Waals surface area contributed by atoms with Crippen molar-refractivity contribution in [2.24, 2.45) is 0 Å². The molecule has 0 aliphatic rings. The molecule has 0 saturated heterocycles. The standard InChI is InChI=1S/C31H37ClN2O.ClH/c1-5-7-15-34(16-8-6-2)20-30(35)26-19-29(23-14-13-21(3)17-22(23)4)33-31-25-12-10-9-11-24(25)28(32)18-27(26)31;/h9-14,17-19,30,35H,5-8,15-16,20H2,1-4H3;1H. The Bertz CT molecular complexity index is 1310. The summed E-state index contributed by atoms with van der Waals surface area (Å²) in [5.41, 5.74) is 6.19. The smallest absolute Gasteiger partial charge is 0.0924 e. The molecule has 0 saturated carbocycles. The Balaban J connectivity index is 0.00000361. The quantitative estimate of drug-likeness (QED) is 0.211. The summed E-state index contributed by atoms with van der Waals surface area (Å²) in [7, 11) is 0. The van der Waals surface area contributed by atoms with E-state index in [1.165, 1.54) is 11.1 Å². The molecule has 1 aromatic heterocycles. The van der Waals surface area contributed by atoms with E-state index in [2.05, 4.69) is 62.9 Å². The van der Waals surface area contributed by atoms with Gasteiger partial charge in [-0.2, -0.15) is 0 Å². The van der Waals surface area contributed by atoms with E-state index in [1.807, 2.05) is 24.3 Å². The van der Waals surface area contributed by atoms with Crippen molar-refractivity contribution >= 4 is 45.7 Å². The summed E-state index contributed by atoms with van der Waals surface area (Å²) in [6, 6.07) is 18.7. The van der Waals surface area contributed by atoms with Crippen molar-refractivity contribution in [2.75, 3.05) is 19.6 Å². The lowest BCUT2D eigenvalue weighted by molar-refractivity contribution is 0.112. The number of unbranched alkanes of at least 4 members (excludes halogenated alkanes) is 2. The van der Waals surface area contributed by atoms with Crippen molar-refractivity contribution in [1.82, 2.24) is 9.88 Å². The summed E-state index contributed by atoms with van der Waals surface area (Å²) in [6.07, 6.45) is 3.94. The van der Waals surface area contributed by atoms with Crippen molar-refractivity contribution in [2.45, 2.75) is 59.5 Å². The van der Waals surface area contributed by atoms with Crippen LogP contribution in [0, 0.1) is 13.8 Å². The average Bonchev–Trinajstić information content (AvgIpc) is 2.85. The zero-order chi connectivity index (χ0) is 24.9. The molecule has 36 heavy (non-hydrogen) atoms. The number of halogens is 2. The van der Waals surface area contributed by atoms with E-state index in [0.717, 1.165) is 77.3 Å². The molecule has 0 fully saturated rings. The van der Waals surface area contributed by atoms with Crippen LogP contribution in [-0.2, 0) is 0 Å². The fraction of sp³-hybridized carbons (Fsp3) is 0.387. The first-order valence-corrected chi connectivity index (χ1v) is 13.3. The van der Waals surface area contributed by atoms with Crippen molar-refractivity contribution in [1.29, 1.82) is 0 Å². The van der Waals surface area contributed by atoms with Crippen molar-refractivity contribution < 1.29 is 5.11 Å². The van der Waals surface area contributed by atoms with Crippen LogP contribution in [0.25, 0.3) is 32.9 Å². The highest BCUT2D eigenvalue weighted by Gasteiger charge is 2.20. The van der Waals surface area contributed by atoms with Crippen LogP contribution in [0.2, 0.25) is 5.02 Å². The van der Waals surface area contributed by atoms with Gasteiger partial charge in [0.1, 0.15) is 0 Å². The fourth-order valence-corrected chi connectivity index (χ4v) is 5.22. The van der Waals surface area contributed by atoms with Crippen LogP contribution in [0.4, 0.5) is 0 Å². The minimum Gasteiger partial charge on any atom is -0.387 e. The molecule has 1 atom stereocenters. The first-order chi connectivity index (χ1) is 16.9. The van der Waals surface area contributed by atoms with Gasteiger partial charge in [0.2, 0.25) is 0 Å². The van der Waals surface area contributed by atoms with Crippen LogP contribution < -0.4 is 0 Å². The van der Waals surface area contributed by atoms with E-state index in [-0.39, 0.29) is 12.4 Å². The maximum atomic E-state index is 11.6. The maximum Gasteiger partial charge on any atom is 0.0924 e. The van der Waals surface area contributed by atoms with Crippen molar-refractivity contribution in [3.8, 4) is 11.3 Å². The number of rotatable bonds is 10. The lowest BCUT2D eigenvalue weighted by Gasteiger charge is -2.26. The molecule has 0 bridgehead atoms. The number of fused-ring (bicyclic) bond motifs is 3. The number of nitrogens with zero attached hydrogens (tertiary/aromatic N) is 2. The first kappa shape index (κ1) is 28.4. The van der Waals surface area contributed by atoms with Crippen LogP contribution in [0.3, 0.4) is 0 Å². The SMILES string of the molecule is CCCCN(CCCC)CC(O)c1cc(-c2ccc(C)cc2C)nc2c1cc(Cl)c1ccccc12.Cl. The Hall–Kier alpha value is -2.17. The highest BCUT2D eigenvalue weighted by molar-refractivity contribution is 6.37. The third kappa shape index (κ3) is 6.20. The monoisotopic (exact) mass is 524 g/mol. The topological polar surface area (TPSA) is 36.4 Å². The number of benzene rings is 3. The number of hydrogen-bond donors (Lipinski definition) is 1. The number of aryl methyl sites for hydroxylation is 2. The Morgan fingerprint density at radius 3 is 2.19 bits per heavy atom. The Labute approximate surface area is 226 Å². The molecule has 0 spiro atoms. The van der Waals surface area contributed by atoms with Gasteiger partial charge in [-0.1, -0.05) is 86.3 Å². The zero-order valence-electron chi connectivity index (χ0n) is 21.9. The molecule has 4 aromatic rings. The number of hydrogen-bond acceptors (Lipinski definition) is 3. The molecule has 1 N–H and O–H groups in total. The molecule has 0 aliphatic carbocycles. The third-order valence-corrected chi connectivity index (χ3v) is 7.22. The number of pyridine rings is 1. The predicted molar refractivity (Wildman–Crippen MR) is 158 cm³/mol. The summed E-state index contributed by atoms with van der Waals surface area (Å²) >= 11 is 6.74. The molecule has 4 rings (SSSR count). The minimum atomic E-state index is -0.629. The van der Waals surface area contributed by atoms with Gasteiger partial charge in [0.05, 0.1) is 17.3 Å². The normalized spacial score (nSPS) is 12.3. The van der Waals surface area contributed by atoms with Gasteiger partial charge in [0, 0.05) is 33.3 Å². The van der Waals surface area contributed by atoms with E-state index in [4.69, 9.17) is 16.6 Å². The van der Waals surface area contributed by atoms with E-state index in [9.17, 15) is 5.11 Å². The lowest BCUT2D eigenvalue weighted by Crippen LogP contribution is -2.31. The number of aromatic nitrogens is 1. The Kier molecular flexibility index (Phi) is 10.2. The molecule has 3 aromatic carbocycles. The van der Waals surface area contributed by atoms with Crippen LogP contribution >= 0.6 is 24.0 Å². The summed E-state index contributed by atoms with van der Waals surface area (Å²) in [6.45, 7) is 11.3. The second-order valence-corrected chi connectivity index (χ2v) is 10.1. The molecule has 0 radical (unpaired) electrons. The van der Waals surface area contributed by atoms with Crippen molar-refractivity contribution in [3.63, 3.8) is 0 Å². The molecule has 1 heterocycles. The van der Waals surface area contributed by atoms with Crippen LogP contribution in [0.5, 0.6) is 0 Å². The number of aliphatic hydroxyl groups excluding tert-OH is 1. The Morgan fingerprint density at radius 1 is 0.889 bits per heavy atom. The van der Waals surface area contributed by atoms with E-state index in [0.29, 0.717) is 11.6 Å². The van der Waals surface area contributed by atoms with Gasteiger partial charge in [-0.05, 0) is 63.0 Å². The van der Waals surface area contributed by atoms with Gasteiger partial charge < -0.3 is 10.0 Å². The minimum absolute atomic E-state index is 0. The second-order valence-electron chi connectivity index (χ2n) is 9.74. The van der Waals surface area contributed by atoms with Gasteiger partial charge in [-0.15, -0.1) is 12.4 Å². The van der Waals surface area contributed by atoms with Gasteiger partial charge in [0.15, 0.2) is 0 Å². The van der Waals surface area contributed by atoms with Gasteiger partial charge >= 0.3 is 0 Å². The molecular weight excluding hydrogens is 487 g/mol. The lowest BCUT2D eigenvalue weighted by atomic mass is 9.95. The average molecular weight is 526 g/mol. The van der Waals surface area contributed by atoms with Crippen molar-refractivity contribution in [3.05, 3.63) is 76.3 Å². The summed E-state index contributed by atoms with van der Waals surface area (Å²) in [5.74, 6) is 0. The molecule has 0 amide bonds. The van der Waals surface area contributed by atoms with Gasteiger partial charge in [0.25, 0.3) is 0 Å². The van der Waals surface area contributed by atoms with Crippen LogP contribution in [-0.4, -0.2) is 34.6 Å². The maximum absolute atomic E-state index is 11.6. The highest BCUT2D eigenvalue weighted by Crippen LogP contribution is 2.37. The Morgan fingerprint density at radius 2 is 1.56 bits per heavy atom. The van der Waals surface area contributed by atoms with Crippen LogP contribution in [0.15, 0.2) is 54.6 Å². The molecule has 3 nitrogen and oxygen atoms in total. The van der Waals surface area contributed by atoms with E-state index >= 15 is 0 Å². The second kappa shape index (κ2) is 12.9. The zero-order valence-corrected chi connectivity index (χ0v) is 23.4. The van der Waals surface area contributed by atoms with Gasteiger partial charge in [-0.25, -0.2) is 4.98 Å². The number of aliphatic hydroxyl groups is 1. The van der Waals surface area contributed by atoms with E-state index in [1.54, 1.807) is 0 Å². The summed E-state index contributed by atoms with van der Waals surface area (Å²) < 4.78 is 0. The molecule has 1 unspecified atom stereocenters. The molecule has 5 heteroatoms. The molecule has 192 valence electrons. The fourth-order valence-electron chi connectivity index (χ4n) is 4.95. The first-order valence-electron chi connectivity index (χ1n) is 12.9.